The third kappa shape index (κ3) is 8.29. The van der Waals surface area contributed by atoms with Crippen molar-refractivity contribution in [1.82, 2.24) is 25.9 Å². The maximum absolute atomic E-state index is 12.7. The molecule has 4 amide bonds. The molecule has 1 rings (SSSR count). The first kappa shape index (κ1) is 26.5. The first-order chi connectivity index (χ1) is 15.0. The van der Waals surface area contributed by atoms with E-state index in [0.717, 1.165) is 6.92 Å². The number of carbonyl (C=O) groups is 5. The number of nitrogens with zero attached hydrogens (tertiary/aromatic N) is 1. The Kier molecular flexibility index (Phi) is 10.2. The highest BCUT2D eigenvalue weighted by atomic mass is 16.4. The molecule has 0 bridgehead atoms. The van der Waals surface area contributed by atoms with Crippen molar-refractivity contribution in [3.8, 4) is 0 Å². The summed E-state index contributed by atoms with van der Waals surface area (Å²) < 4.78 is 0. The predicted octanol–water partition coefficient (Wildman–Crippen LogP) is -4.93. The number of aromatic amines is 1. The molecule has 11 N–H and O–H groups in total. The third-order valence-electron chi connectivity index (χ3n) is 4.23. The van der Waals surface area contributed by atoms with E-state index in [9.17, 15) is 29.1 Å². The zero-order chi connectivity index (χ0) is 24.4. The number of primary amides is 1. The molecule has 1 aromatic heterocycles. The minimum absolute atomic E-state index is 0.170. The van der Waals surface area contributed by atoms with Gasteiger partial charge in [-0.2, -0.15) is 0 Å². The fourth-order valence-electron chi connectivity index (χ4n) is 2.51. The van der Waals surface area contributed by atoms with Gasteiger partial charge >= 0.3 is 5.97 Å². The Labute approximate surface area is 181 Å². The van der Waals surface area contributed by atoms with Crippen molar-refractivity contribution in [2.45, 2.75) is 50.0 Å². The number of nitrogens with two attached hydrogens (primary N) is 2. The van der Waals surface area contributed by atoms with Crippen LogP contribution in [-0.4, -0.2) is 91.8 Å². The van der Waals surface area contributed by atoms with Crippen LogP contribution in [0.25, 0.3) is 0 Å². The average molecular weight is 457 g/mol. The lowest BCUT2D eigenvalue weighted by Gasteiger charge is -2.25. The highest BCUT2D eigenvalue weighted by Crippen LogP contribution is 2.03. The number of carboxylic acid groups (broad SMARTS) is 1. The minimum Gasteiger partial charge on any atom is -0.480 e. The van der Waals surface area contributed by atoms with E-state index in [1.165, 1.54) is 12.5 Å². The van der Waals surface area contributed by atoms with Gasteiger partial charge in [-0.15, -0.1) is 0 Å². The molecule has 0 aliphatic heterocycles. The molecule has 0 spiro atoms. The smallest absolute Gasteiger partial charge is 0.328 e. The summed E-state index contributed by atoms with van der Waals surface area (Å²) in [6, 6.07) is -5.94. The normalized spacial score (nSPS) is 15.5. The fraction of sp³-hybridized carbons (Fsp3) is 0.529. The summed E-state index contributed by atoms with van der Waals surface area (Å²) in [5.74, 6) is -5.35. The molecule has 0 radical (unpaired) electrons. The lowest BCUT2D eigenvalue weighted by atomic mass is 10.1. The second-order valence-electron chi connectivity index (χ2n) is 6.93. The second kappa shape index (κ2) is 12.3. The number of carbonyl (C=O) groups excluding carboxylic acids is 4. The molecular formula is C17H27N7O8. The average Bonchev–Trinajstić information content (AvgIpc) is 3.22. The van der Waals surface area contributed by atoms with E-state index in [4.69, 9.17) is 21.7 Å². The molecule has 15 heteroatoms. The van der Waals surface area contributed by atoms with Gasteiger partial charge in [0.2, 0.25) is 23.6 Å². The molecule has 0 aliphatic rings. The van der Waals surface area contributed by atoms with Crippen molar-refractivity contribution in [2.24, 2.45) is 11.5 Å². The number of aliphatic hydroxyl groups excluding tert-OH is 2. The van der Waals surface area contributed by atoms with Crippen molar-refractivity contribution in [2.75, 3.05) is 6.61 Å². The van der Waals surface area contributed by atoms with Crippen molar-refractivity contribution in [3.05, 3.63) is 18.2 Å². The van der Waals surface area contributed by atoms with Crippen LogP contribution in [0.4, 0.5) is 0 Å². The number of imidazole rings is 1. The largest absolute Gasteiger partial charge is 0.480 e. The number of carboxylic acids is 1. The summed E-state index contributed by atoms with van der Waals surface area (Å²) in [6.07, 6.45) is 0.422. The van der Waals surface area contributed by atoms with E-state index in [2.05, 4.69) is 25.9 Å². The highest BCUT2D eigenvalue weighted by molar-refractivity contribution is 5.96. The Balaban J connectivity index is 3.07. The second-order valence-corrected chi connectivity index (χ2v) is 6.93. The summed E-state index contributed by atoms with van der Waals surface area (Å²) >= 11 is 0. The van der Waals surface area contributed by atoms with Gasteiger partial charge in [0, 0.05) is 18.3 Å². The number of hydrogen-bond acceptors (Lipinski definition) is 9. The van der Waals surface area contributed by atoms with Crippen LogP contribution >= 0.6 is 0 Å². The van der Waals surface area contributed by atoms with Gasteiger partial charge < -0.3 is 47.7 Å². The fourth-order valence-corrected chi connectivity index (χ4v) is 2.51. The number of nitrogens with one attached hydrogen (secondary N) is 4. The zero-order valence-electron chi connectivity index (χ0n) is 17.1. The number of amides is 4. The van der Waals surface area contributed by atoms with Crippen LogP contribution in [0.2, 0.25) is 0 Å². The van der Waals surface area contributed by atoms with Crippen LogP contribution in [0.3, 0.4) is 0 Å². The number of H-pyrrole nitrogens is 1. The topological polar surface area (TPSA) is 263 Å². The van der Waals surface area contributed by atoms with Crippen molar-refractivity contribution in [3.63, 3.8) is 0 Å². The van der Waals surface area contributed by atoms with Crippen LogP contribution in [0.5, 0.6) is 0 Å². The standard InChI is InChI=1S/C17H27N7O8/c1-7(26)13(17(31)32)24-16(30)10(2-8-4-20-6-21-8)23-15(29)11(3-12(19)27)22-14(28)9(18)5-25/h4,6-7,9-11,13,25-26H,2-3,5,18H2,1H3,(H2,19,27)(H,20,21)(H,22,28)(H,23,29)(H,24,30)(H,31,32). The number of aliphatic carboxylic acids is 1. The van der Waals surface area contributed by atoms with Gasteiger partial charge in [0.1, 0.15) is 18.1 Å². The first-order valence-corrected chi connectivity index (χ1v) is 9.40. The van der Waals surface area contributed by atoms with Gasteiger partial charge in [-0.25, -0.2) is 9.78 Å². The Morgan fingerprint density at radius 1 is 1.09 bits per heavy atom. The third-order valence-corrected chi connectivity index (χ3v) is 4.23. The summed E-state index contributed by atoms with van der Waals surface area (Å²) in [5.41, 5.74) is 10.9. The van der Waals surface area contributed by atoms with E-state index >= 15 is 0 Å². The summed E-state index contributed by atoms with van der Waals surface area (Å²) in [5, 5.41) is 34.3. The van der Waals surface area contributed by atoms with Crippen LogP contribution in [0.1, 0.15) is 19.0 Å². The van der Waals surface area contributed by atoms with Crippen molar-refractivity contribution in [1.29, 1.82) is 0 Å². The molecule has 32 heavy (non-hydrogen) atoms. The molecule has 5 atom stereocenters. The molecule has 0 saturated heterocycles. The van der Waals surface area contributed by atoms with Gasteiger partial charge in [-0.1, -0.05) is 0 Å². The number of hydrogen-bond donors (Lipinski definition) is 9. The maximum Gasteiger partial charge on any atom is 0.328 e. The number of rotatable bonds is 13. The summed E-state index contributed by atoms with van der Waals surface area (Å²) in [7, 11) is 0. The van der Waals surface area contributed by atoms with E-state index in [1.807, 2.05) is 0 Å². The highest BCUT2D eigenvalue weighted by Gasteiger charge is 2.32. The van der Waals surface area contributed by atoms with Crippen LogP contribution in [-0.2, 0) is 30.4 Å². The number of aliphatic hydroxyl groups is 2. The molecule has 0 aliphatic carbocycles. The van der Waals surface area contributed by atoms with E-state index < -0.39 is 72.9 Å². The lowest BCUT2D eigenvalue weighted by molar-refractivity contribution is -0.145. The monoisotopic (exact) mass is 457 g/mol. The van der Waals surface area contributed by atoms with Crippen LogP contribution in [0.15, 0.2) is 12.5 Å². The Morgan fingerprint density at radius 2 is 1.69 bits per heavy atom. The Bertz CT molecular complexity index is 814. The van der Waals surface area contributed by atoms with E-state index in [0.29, 0.717) is 5.69 Å². The molecular weight excluding hydrogens is 430 g/mol. The quantitative estimate of drug-likeness (QED) is 0.136. The maximum atomic E-state index is 12.7. The van der Waals surface area contributed by atoms with Crippen molar-refractivity contribution >= 4 is 29.6 Å². The zero-order valence-corrected chi connectivity index (χ0v) is 17.1. The Morgan fingerprint density at radius 3 is 2.16 bits per heavy atom. The van der Waals surface area contributed by atoms with E-state index in [-0.39, 0.29) is 6.42 Å². The molecule has 1 aromatic rings. The van der Waals surface area contributed by atoms with Gasteiger partial charge in [0.25, 0.3) is 0 Å². The molecule has 0 saturated carbocycles. The molecule has 0 aromatic carbocycles. The SMILES string of the molecule is CC(O)C(NC(=O)C(Cc1cnc[nH]1)NC(=O)C(CC(N)=O)NC(=O)C(N)CO)C(=O)O. The van der Waals surface area contributed by atoms with Crippen LogP contribution in [0, 0.1) is 0 Å². The van der Waals surface area contributed by atoms with Crippen molar-refractivity contribution < 1.29 is 39.3 Å². The van der Waals surface area contributed by atoms with Gasteiger partial charge in [-0.05, 0) is 6.92 Å². The number of aromatic nitrogens is 2. The lowest BCUT2D eigenvalue weighted by Crippen LogP contribution is -2.59. The molecule has 15 nitrogen and oxygen atoms in total. The van der Waals surface area contributed by atoms with E-state index in [1.54, 1.807) is 0 Å². The molecule has 178 valence electrons. The van der Waals surface area contributed by atoms with Gasteiger partial charge in [0.15, 0.2) is 6.04 Å². The molecule has 5 unspecified atom stereocenters. The molecule has 1 heterocycles. The van der Waals surface area contributed by atoms with Gasteiger partial charge in [0.05, 0.1) is 25.5 Å². The minimum atomic E-state index is -1.66. The molecule has 0 fully saturated rings. The summed E-state index contributed by atoms with van der Waals surface area (Å²) in [4.78, 5) is 66.4. The first-order valence-electron chi connectivity index (χ1n) is 9.40. The predicted molar refractivity (Wildman–Crippen MR) is 106 cm³/mol. The Hall–Kier alpha value is -3.56. The summed E-state index contributed by atoms with van der Waals surface area (Å²) in [6.45, 7) is 0.432. The van der Waals surface area contributed by atoms with Crippen LogP contribution < -0.4 is 27.4 Å². The van der Waals surface area contributed by atoms with Gasteiger partial charge in [-0.3, -0.25) is 19.2 Å².